The first kappa shape index (κ1) is 8.42. The minimum atomic E-state index is -0.767. The number of fused-ring (bicyclic) bond motifs is 1. The predicted molar refractivity (Wildman–Crippen MR) is 49.9 cm³/mol. The van der Waals surface area contributed by atoms with Crippen LogP contribution in [0.2, 0.25) is 0 Å². The van der Waals surface area contributed by atoms with Crippen LogP contribution in [-0.2, 0) is 0 Å². The van der Waals surface area contributed by atoms with E-state index in [2.05, 4.69) is 19.9 Å². The fraction of sp³-hybridized carbons (Fsp3) is 0.143. The number of hydrogen-bond acceptors (Lipinski definition) is 5. The molecule has 0 aromatic carbocycles. The second kappa shape index (κ2) is 2.66. The molecule has 7 heteroatoms. The van der Waals surface area contributed by atoms with E-state index in [9.17, 15) is 9.59 Å². The lowest BCUT2D eigenvalue weighted by molar-refractivity contribution is 1.04. The Kier molecular flexibility index (Phi) is 1.60. The standard InChI is InChI=1S/C7H7N5O2/c1-2-9-4(8)3-5(10-2)12-7(14)6(13)11-3/h1H3,(H,11,13)(H3,8,9,10,12,14). The van der Waals surface area contributed by atoms with Crippen LogP contribution in [0.3, 0.4) is 0 Å². The van der Waals surface area contributed by atoms with Crippen LogP contribution < -0.4 is 16.9 Å². The highest BCUT2D eigenvalue weighted by Gasteiger charge is 2.05. The van der Waals surface area contributed by atoms with Crippen LogP contribution >= 0.6 is 0 Å². The number of H-pyrrole nitrogens is 2. The summed E-state index contributed by atoms with van der Waals surface area (Å²) in [5.74, 6) is 0.568. The molecule has 2 aromatic heterocycles. The molecule has 0 aliphatic rings. The summed E-state index contributed by atoms with van der Waals surface area (Å²) in [6, 6.07) is 0. The number of hydrogen-bond donors (Lipinski definition) is 3. The average molecular weight is 193 g/mol. The molecule has 0 saturated carbocycles. The fourth-order valence-corrected chi connectivity index (χ4v) is 1.14. The Morgan fingerprint density at radius 2 is 1.79 bits per heavy atom. The summed E-state index contributed by atoms with van der Waals surface area (Å²) >= 11 is 0. The van der Waals surface area contributed by atoms with Gasteiger partial charge in [-0.05, 0) is 6.92 Å². The van der Waals surface area contributed by atoms with Gasteiger partial charge in [0.1, 0.15) is 11.3 Å². The highest BCUT2D eigenvalue weighted by molar-refractivity contribution is 5.80. The molecule has 0 aliphatic carbocycles. The summed E-state index contributed by atoms with van der Waals surface area (Å²) in [4.78, 5) is 34.3. The number of nitrogen functional groups attached to an aromatic ring is 1. The van der Waals surface area contributed by atoms with Crippen LogP contribution in [0.1, 0.15) is 5.82 Å². The SMILES string of the molecule is Cc1nc(N)c2[nH]c(=O)c(=O)[nH]c2n1. The van der Waals surface area contributed by atoms with Gasteiger partial charge in [0.05, 0.1) is 0 Å². The molecule has 0 saturated heterocycles. The van der Waals surface area contributed by atoms with Crippen molar-refractivity contribution in [2.75, 3.05) is 5.73 Å². The molecule has 0 atom stereocenters. The first-order valence-electron chi connectivity index (χ1n) is 3.84. The lowest BCUT2D eigenvalue weighted by Crippen LogP contribution is -2.29. The Morgan fingerprint density at radius 3 is 2.50 bits per heavy atom. The minimum Gasteiger partial charge on any atom is -0.382 e. The molecule has 72 valence electrons. The van der Waals surface area contributed by atoms with E-state index in [1.165, 1.54) is 0 Å². The van der Waals surface area contributed by atoms with Gasteiger partial charge in [-0.25, -0.2) is 9.97 Å². The van der Waals surface area contributed by atoms with Gasteiger partial charge < -0.3 is 15.7 Å². The molecule has 0 aliphatic heterocycles. The zero-order valence-corrected chi connectivity index (χ0v) is 7.29. The van der Waals surface area contributed by atoms with Gasteiger partial charge in [-0.15, -0.1) is 0 Å². The van der Waals surface area contributed by atoms with E-state index >= 15 is 0 Å². The second-order valence-corrected chi connectivity index (χ2v) is 2.79. The summed E-state index contributed by atoms with van der Waals surface area (Å²) in [7, 11) is 0. The van der Waals surface area contributed by atoms with E-state index in [1.807, 2.05) is 0 Å². The van der Waals surface area contributed by atoms with Crippen molar-refractivity contribution < 1.29 is 0 Å². The first-order valence-corrected chi connectivity index (χ1v) is 3.84. The Bertz CT molecular complexity index is 611. The molecule has 2 rings (SSSR count). The molecule has 14 heavy (non-hydrogen) atoms. The monoisotopic (exact) mass is 193 g/mol. The van der Waals surface area contributed by atoms with Crippen molar-refractivity contribution in [3.63, 3.8) is 0 Å². The van der Waals surface area contributed by atoms with Crippen molar-refractivity contribution >= 4 is 17.0 Å². The molecule has 7 nitrogen and oxygen atoms in total. The molecule has 0 fully saturated rings. The summed E-state index contributed by atoms with van der Waals surface area (Å²) in [5, 5.41) is 0. The first-order chi connectivity index (χ1) is 6.58. The molecule has 2 aromatic rings. The molecule has 2 heterocycles. The molecule has 0 bridgehead atoms. The highest BCUT2D eigenvalue weighted by atomic mass is 16.2. The molecular weight excluding hydrogens is 186 g/mol. The normalized spacial score (nSPS) is 10.6. The van der Waals surface area contributed by atoms with Gasteiger partial charge in [0.15, 0.2) is 11.5 Å². The van der Waals surface area contributed by atoms with Crippen molar-refractivity contribution in [2.24, 2.45) is 0 Å². The van der Waals surface area contributed by atoms with Crippen molar-refractivity contribution in [2.45, 2.75) is 6.92 Å². The van der Waals surface area contributed by atoms with Crippen molar-refractivity contribution in [3.8, 4) is 0 Å². The van der Waals surface area contributed by atoms with Gasteiger partial charge in [0.25, 0.3) is 0 Å². The Labute approximate surface area is 77.0 Å². The van der Waals surface area contributed by atoms with Gasteiger partial charge >= 0.3 is 11.1 Å². The molecule has 0 spiro atoms. The minimum absolute atomic E-state index is 0.140. The Balaban J connectivity index is 3.03. The number of rotatable bonds is 0. The van der Waals surface area contributed by atoms with Crippen LogP contribution in [-0.4, -0.2) is 19.9 Å². The maximum Gasteiger partial charge on any atom is 0.315 e. The van der Waals surface area contributed by atoms with Gasteiger partial charge in [0.2, 0.25) is 0 Å². The fourth-order valence-electron chi connectivity index (χ4n) is 1.14. The summed E-state index contributed by atoms with van der Waals surface area (Å²) in [6.07, 6.45) is 0. The third-order valence-corrected chi connectivity index (χ3v) is 1.73. The lowest BCUT2D eigenvalue weighted by Gasteiger charge is -2.00. The smallest absolute Gasteiger partial charge is 0.315 e. The van der Waals surface area contributed by atoms with Crippen LogP contribution in [0.5, 0.6) is 0 Å². The van der Waals surface area contributed by atoms with Gasteiger partial charge in [-0.1, -0.05) is 0 Å². The van der Waals surface area contributed by atoms with Crippen LogP contribution in [0.25, 0.3) is 11.2 Å². The largest absolute Gasteiger partial charge is 0.382 e. The molecule has 0 unspecified atom stereocenters. The topological polar surface area (TPSA) is 118 Å². The molecule has 0 radical (unpaired) electrons. The Morgan fingerprint density at radius 1 is 1.14 bits per heavy atom. The third-order valence-electron chi connectivity index (χ3n) is 1.73. The van der Waals surface area contributed by atoms with Crippen molar-refractivity contribution in [1.82, 2.24) is 19.9 Å². The van der Waals surface area contributed by atoms with Crippen LogP contribution in [0.4, 0.5) is 5.82 Å². The van der Waals surface area contributed by atoms with E-state index in [1.54, 1.807) is 6.92 Å². The van der Waals surface area contributed by atoms with Crippen molar-refractivity contribution in [3.05, 3.63) is 26.5 Å². The van der Waals surface area contributed by atoms with Gasteiger partial charge in [0, 0.05) is 0 Å². The summed E-state index contributed by atoms with van der Waals surface area (Å²) < 4.78 is 0. The lowest BCUT2D eigenvalue weighted by atomic mass is 10.4. The zero-order chi connectivity index (χ0) is 10.3. The van der Waals surface area contributed by atoms with Crippen molar-refractivity contribution in [1.29, 1.82) is 0 Å². The number of aromatic amines is 2. The number of nitrogens with zero attached hydrogens (tertiary/aromatic N) is 2. The van der Waals surface area contributed by atoms with E-state index in [0.29, 0.717) is 5.82 Å². The number of nitrogens with two attached hydrogens (primary N) is 1. The van der Waals surface area contributed by atoms with Gasteiger partial charge in [-0.2, -0.15) is 0 Å². The highest BCUT2D eigenvalue weighted by Crippen LogP contribution is 2.08. The number of anilines is 1. The zero-order valence-electron chi connectivity index (χ0n) is 7.29. The Hall–Kier alpha value is -2.18. The number of aromatic nitrogens is 4. The number of aryl methyl sites for hydroxylation is 1. The summed E-state index contributed by atoms with van der Waals surface area (Å²) in [6.45, 7) is 1.64. The van der Waals surface area contributed by atoms with E-state index < -0.39 is 11.1 Å². The second-order valence-electron chi connectivity index (χ2n) is 2.79. The number of nitrogens with one attached hydrogen (secondary N) is 2. The quantitative estimate of drug-likeness (QED) is 0.459. The predicted octanol–water partition coefficient (Wildman–Crippen LogP) is -1.10. The molecular formula is C7H7N5O2. The van der Waals surface area contributed by atoms with E-state index in [0.717, 1.165) is 0 Å². The molecule has 4 N–H and O–H groups in total. The maximum absolute atomic E-state index is 11.0. The van der Waals surface area contributed by atoms with E-state index in [4.69, 9.17) is 5.73 Å². The summed E-state index contributed by atoms with van der Waals surface area (Å²) in [5.41, 5.74) is 4.50. The van der Waals surface area contributed by atoms with Crippen LogP contribution in [0.15, 0.2) is 9.59 Å². The average Bonchev–Trinajstić information content (AvgIpc) is 2.08. The third kappa shape index (κ3) is 1.15. The van der Waals surface area contributed by atoms with Gasteiger partial charge in [-0.3, -0.25) is 9.59 Å². The molecule has 0 amide bonds. The van der Waals surface area contributed by atoms with E-state index in [-0.39, 0.29) is 17.0 Å². The maximum atomic E-state index is 11.0. The van der Waals surface area contributed by atoms with Crippen LogP contribution in [0, 0.1) is 6.92 Å².